The highest BCUT2D eigenvalue weighted by atomic mass is 35.5. The van der Waals surface area contributed by atoms with Crippen molar-refractivity contribution in [3.05, 3.63) is 38.7 Å². The number of aliphatic hydroxyl groups excluding tert-OH is 1. The fraction of sp³-hybridized carbons (Fsp3) is 0.182. The van der Waals surface area contributed by atoms with Gasteiger partial charge in [0.2, 0.25) is 5.70 Å². The third-order valence-corrected chi connectivity index (χ3v) is 2.75. The zero-order chi connectivity index (χ0) is 14.6. The number of benzene rings is 1. The Hall–Kier alpha value is -1.30. The largest absolute Gasteiger partial charge is 0.510 e. The molecule has 19 heavy (non-hydrogen) atoms. The van der Waals surface area contributed by atoms with E-state index in [1.807, 2.05) is 0 Å². The van der Waals surface area contributed by atoms with Crippen LogP contribution in [0.25, 0.3) is 0 Å². The number of carbonyl (C=O) groups is 1. The number of rotatable bonds is 3. The molecule has 0 atom stereocenters. The summed E-state index contributed by atoms with van der Waals surface area (Å²) in [5.74, 6) is -1.17. The standard InChI is InChI=1S/C11H9Cl3N2O3/c1-5(17)9(11(18)19-2)15-16-10-7(13)3-6(12)4-8(10)14/h3-4,17H,1-2H3. The van der Waals surface area contributed by atoms with E-state index in [0.29, 0.717) is 5.02 Å². The lowest BCUT2D eigenvalue weighted by Gasteiger charge is -2.02. The van der Waals surface area contributed by atoms with Gasteiger partial charge in [0, 0.05) is 5.02 Å². The lowest BCUT2D eigenvalue weighted by atomic mass is 10.3. The van der Waals surface area contributed by atoms with Crippen LogP contribution in [-0.4, -0.2) is 18.2 Å². The van der Waals surface area contributed by atoms with E-state index in [1.165, 1.54) is 19.1 Å². The Labute approximate surface area is 124 Å². The number of hydrogen-bond donors (Lipinski definition) is 1. The van der Waals surface area contributed by atoms with E-state index in [-0.39, 0.29) is 27.2 Å². The molecule has 0 bridgehead atoms. The van der Waals surface area contributed by atoms with Crippen molar-refractivity contribution in [3.63, 3.8) is 0 Å². The van der Waals surface area contributed by atoms with Crippen molar-refractivity contribution in [1.29, 1.82) is 0 Å². The van der Waals surface area contributed by atoms with Crippen LogP contribution in [0.2, 0.25) is 15.1 Å². The van der Waals surface area contributed by atoms with Gasteiger partial charge in [-0.1, -0.05) is 34.8 Å². The van der Waals surface area contributed by atoms with E-state index in [2.05, 4.69) is 15.0 Å². The first kappa shape index (κ1) is 15.8. The Morgan fingerprint density at radius 2 is 1.79 bits per heavy atom. The van der Waals surface area contributed by atoms with Crippen molar-refractivity contribution in [2.75, 3.05) is 7.11 Å². The quantitative estimate of drug-likeness (QED) is 0.379. The van der Waals surface area contributed by atoms with Crippen LogP contribution in [-0.2, 0) is 9.53 Å². The first-order valence-electron chi connectivity index (χ1n) is 4.91. The average Bonchev–Trinajstić information content (AvgIpc) is 2.31. The minimum Gasteiger partial charge on any atom is -0.510 e. The zero-order valence-corrected chi connectivity index (χ0v) is 12.2. The number of esters is 1. The van der Waals surface area contributed by atoms with E-state index in [0.717, 1.165) is 7.11 Å². The molecule has 102 valence electrons. The molecule has 0 saturated heterocycles. The maximum atomic E-state index is 11.3. The van der Waals surface area contributed by atoms with E-state index in [1.54, 1.807) is 0 Å². The molecule has 1 aromatic rings. The molecule has 1 N–H and O–H groups in total. The molecule has 0 amide bonds. The summed E-state index contributed by atoms with van der Waals surface area (Å²) in [5, 5.41) is 17.3. The van der Waals surface area contributed by atoms with Gasteiger partial charge in [-0.3, -0.25) is 0 Å². The minimum absolute atomic E-state index is 0.135. The fourth-order valence-electron chi connectivity index (χ4n) is 1.09. The average molecular weight is 324 g/mol. The molecule has 0 heterocycles. The molecular weight excluding hydrogens is 314 g/mol. The fourth-order valence-corrected chi connectivity index (χ4v) is 1.98. The van der Waals surface area contributed by atoms with Gasteiger partial charge < -0.3 is 9.84 Å². The molecular formula is C11H9Cl3N2O3. The Morgan fingerprint density at radius 1 is 1.26 bits per heavy atom. The van der Waals surface area contributed by atoms with Crippen LogP contribution in [0, 0.1) is 0 Å². The highest BCUT2D eigenvalue weighted by Crippen LogP contribution is 2.36. The smallest absolute Gasteiger partial charge is 0.362 e. The van der Waals surface area contributed by atoms with Crippen molar-refractivity contribution in [2.45, 2.75) is 6.92 Å². The summed E-state index contributed by atoms with van der Waals surface area (Å²) in [5.41, 5.74) is -0.208. The number of allylic oxidation sites excluding steroid dienone is 1. The topological polar surface area (TPSA) is 71.2 Å². The zero-order valence-electron chi connectivity index (χ0n) is 9.95. The third kappa shape index (κ3) is 4.09. The molecule has 1 rings (SSSR count). The number of methoxy groups -OCH3 is 1. The van der Waals surface area contributed by atoms with Crippen LogP contribution in [0.3, 0.4) is 0 Å². The molecule has 0 radical (unpaired) electrons. The number of aliphatic hydroxyl groups is 1. The number of carbonyl (C=O) groups excluding carboxylic acids is 1. The number of nitrogens with zero attached hydrogens (tertiary/aromatic N) is 2. The maximum absolute atomic E-state index is 11.3. The van der Waals surface area contributed by atoms with Gasteiger partial charge in [-0.2, -0.15) is 0 Å². The lowest BCUT2D eigenvalue weighted by Crippen LogP contribution is -2.04. The molecule has 0 saturated carbocycles. The molecule has 0 aliphatic rings. The van der Waals surface area contributed by atoms with Gasteiger partial charge in [-0.15, -0.1) is 10.2 Å². The highest BCUT2D eigenvalue weighted by molar-refractivity contribution is 6.41. The molecule has 0 unspecified atom stereocenters. The van der Waals surface area contributed by atoms with Gasteiger partial charge in [0.1, 0.15) is 11.4 Å². The summed E-state index contributed by atoms with van der Waals surface area (Å²) in [6, 6.07) is 2.85. The molecule has 0 aliphatic heterocycles. The first-order valence-corrected chi connectivity index (χ1v) is 6.04. The van der Waals surface area contributed by atoms with Crippen molar-refractivity contribution in [2.24, 2.45) is 10.2 Å². The van der Waals surface area contributed by atoms with Crippen LogP contribution in [0.5, 0.6) is 0 Å². The van der Waals surface area contributed by atoms with Crippen LogP contribution in [0.15, 0.2) is 33.8 Å². The van der Waals surface area contributed by atoms with Crippen LogP contribution in [0.1, 0.15) is 6.92 Å². The Kier molecular flexibility index (Phi) is 5.60. The van der Waals surface area contributed by atoms with E-state index in [9.17, 15) is 9.90 Å². The molecule has 0 aromatic heterocycles. The summed E-state index contributed by atoms with van der Waals surface area (Å²) in [7, 11) is 1.16. The van der Waals surface area contributed by atoms with Gasteiger partial charge >= 0.3 is 5.97 Å². The predicted molar refractivity (Wildman–Crippen MR) is 73.3 cm³/mol. The van der Waals surface area contributed by atoms with Crippen LogP contribution >= 0.6 is 34.8 Å². The van der Waals surface area contributed by atoms with E-state index >= 15 is 0 Å². The Bertz CT molecular complexity index is 543. The third-order valence-electron chi connectivity index (χ3n) is 1.95. The van der Waals surface area contributed by atoms with Crippen molar-refractivity contribution < 1.29 is 14.6 Å². The normalized spacial score (nSPS) is 12.5. The number of hydrogen-bond acceptors (Lipinski definition) is 5. The van der Waals surface area contributed by atoms with Gasteiger partial charge in [0.05, 0.1) is 17.2 Å². The molecule has 0 fully saturated rings. The van der Waals surface area contributed by atoms with Gasteiger partial charge in [-0.25, -0.2) is 4.79 Å². The summed E-state index contributed by atoms with van der Waals surface area (Å²) in [6.45, 7) is 1.27. The molecule has 0 aliphatic carbocycles. The minimum atomic E-state index is -0.829. The molecule has 1 aromatic carbocycles. The summed E-state index contributed by atoms with van der Waals surface area (Å²) < 4.78 is 4.44. The van der Waals surface area contributed by atoms with E-state index in [4.69, 9.17) is 34.8 Å². The van der Waals surface area contributed by atoms with Crippen LogP contribution < -0.4 is 0 Å². The van der Waals surface area contributed by atoms with E-state index < -0.39 is 5.97 Å². The molecule has 0 spiro atoms. The second kappa shape index (κ2) is 6.75. The van der Waals surface area contributed by atoms with Crippen molar-refractivity contribution in [1.82, 2.24) is 0 Å². The number of ether oxygens (including phenoxy) is 1. The second-order valence-corrected chi connectivity index (χ2v) is 4.59. The predicted octanol–water partition coefficient (Wildman–Crippen LogP) is 4.69. The first-order chi connectivity index (χ1) is 8.86. The number of halogens is 3. The summed E-state index contributed by atoms with van der Waals surface area (Å²) in [6.07, 6.45) is 0. The SMILES string of the molecule is COC(=O)C(N=Nc1c(Cl)cc(Cl)cc1Cl)=C(C)O. The highest BCUT2D eigenvalue weighted by Gasteiger charge is 2.14. The monoisotopic (exact) mass is 322 g/mol. The molecule has 8 heteroatoms. The Balaban J connectivity index is 3.18. The Morgan fingerprint density at radius 3 is 2.21 bits per heavy atom. The van der Waals surface area contributed by atoms with Crippen molar-refractivity contribution >= 4 is 46.5 Å². The second-order valence-electron chi connectivity index (χ2n) is 3.34. The maximum Gasteiger partial charge on any atom is 0.362 e. The lowest BCUT2D eigenvalue weighted by molar-refractivity contribution is -0.136. The van der Waals surface area contributed by atoms with Gasteiger partial charge in [0.15, 0.2) is 0 Å². The summed E-state index contributed by atoms with van der Waals surface area (Å²) >= 11 is 17.5. The van der Waals surface area contributed by atoms with Crippen molar-refractivity contribution in [3.8, 4) is 0 Å². The number of azo groups is 1. The molecule has 5 nitrogen and oxygen atoms in total. The van der Waals surface area contributed by atoms with Crippen LogP contribution in [0.4, 0.5) is 5.69 Å². The summed E-state index contributed by atoms with van der Waals surface area (Å²) in [4.78, 5) is 11.3. The van der Waals surface area contributed by atoms with Gasteiger partial charge in [0.25, 0.3) is 0 Å². The van der Waals surface area contributed by atoms with Gasteiger partial charge in [-0.05, 0) is 19.1 Å².